The van der Waals surface area contributed by atoms with Gasteiger partial charge in [0.25, 0.3) is 0 Å². The molecule has 2 atom stereocenters. The molecule has 3 heteroatoms. The molecule has 0 spiro atoms. The van der Waals surface area contributed by atoms with Crippen LogP contribution < -0.4 is 0 Å². The van der Waals surface area contributed by atoms with Gasteiger partial charge in [0.15, 0.2) is 0 Å². The quantitative estimate of drug-likeness (QED) is 0.617. The molecule has 0 unspecified atom stereocenters. The van der Waals surface area contributed by atoms with Crippen molar-refractivity contribution in [2.75, 3.05) is 6.54 Å². The highest BCUT2D eigenvalue weighted by Gasteiger charge is 2.32. The summed E-state index contributed by atoms with van der Waals surface area (Å²) in [7, 11) is 0. The average molecular weight is 259 g/mol. The minimum atomic E-state index is -0.237. The maximum absolute atomic E-state index is 11.2. The van der Waals surface area contributed by atoms with Crippen molar-refractivity contribution < 1.29 is 9.53 Å². The molecule has 1 aromatic carbocycles. The van der Waals surface area contributed by atoms with Gasteiger partial charge in [-0.05, 0) is 24.5 Å². The van der Waals surface area contributed by atoms with E-state index in [-0.39, 0.29) is 18.1 Å². The average Bonchev–Trinajstić information content (AvgIpc) is 2.39. The monoisotopic (exact) mass is 259 g/mol. The molecule has 0 amide bonds. The Kier molecular flexibility index (Phi) is 4.38. The Labute approximate surface area is 114 Å². The molecule has 0 radical (unpaired) electrons. The molecule has 0 saturated carbocycles. The van der Waals surface area contributed by atoms with Crippen LogP contribution in [-0.2, 0) is 16.1 Å². The van der Waals surface area contributed by atoms with Gasteiger partial charge in [-0.25, -0.2) is 0 Å². The maximum Gasteiger partial charge on any atom is 0.303 e. The molecule has 1 saturated heterocycles. The van der Waals surface area contributed by atoms with Crippen LogP contribution in [0.4, 0.5) is 0 Å². The maximum atomic E-state index is 11.2. The van der Waals surface area contributed by atoms with Gasteiger partial charge >= 0.3 is 5.97 Å². The molecule has 1 aliphatic heterocycles. The Morgan fingerprint density at radius 2 is 2.11 bits per heavy atom. The molecule has 1 fully saturated rings. The number of ether oxygens (including phenoxy) is 1. The van der Waals surface area contributed by atoms with Crippen molar-refractivity contribution in [1.29, 1.82) is 0 Å². The fraction of sp³-hybridized carbons (Fsp3) is 0.438. The van der Waals surface area contributed by atoms with Gasteiger partial charge in [0.05, 0.1) is 0 Å². The normalized spacial score (nSPS) is 24.2. The number of carbonyl (C=O) groups excluding carboxylic acids is 1. The van der Waals surface area contributed by atoms with Crippen LogP contribution in [0.3, 0.4) is 0 Å². The third-order valence-corrected chi connectivity index (χ3v) is 3.66. The first-order chi connectivity index (χ1) is 9.08. The zero-order valence-electron chi connectivity index (χ0n) is 11.6. The summed E-state index contributed by atoms with van der Waals surface area (Å²) in [5, 5.41) is 0. The minimum absolute atomic E-state index is 0.172. The van der Waals surface area contributed by atoms with Crippen LogP contribution in [0.2, 0.25) is 0 Å². The highest BCUT2D eigenvalue weighted by Crippen LogP contribution is 2.25. The van der Waals surface area contributed by atoms with Crippen molar-refractivity contribution in [2.45, 2.75) is 39.0 Å². The Morgan fingerprint density at radius 3 is 2.74 bits per heavy atom. The van der Waals surface area contributed by atoms with Crippen molar-refractivity contribution in [3.8, 4) is 0 Å². The largest absolute Gasteiger partial charge is 0.456 e. The van der Waals surface area contributed by atoms with Crippen LogP contribution in [0, 0.1) is 0 Å². The van der Waals surface area contributed by atoms with E-state index in [0.717, 1.165) is 25.1 Å². The van der Waals surface area contributed by atoms with E-state index in [2.05, 4.69) is 30.5 Å². The van der Waals surface area contributed by atoms with E-state index in [4.69, 9.17) is 4.74 Å². The molecular weight excluding hydrogens is 238 g/mol. The van der Waals surface area contributed by atoms with Crippen molar-refractivity contribution in [2.24, 2.45) is 0 Å². The van der Waals surface area contributed by atoms with Crippen LogP contribution in [0.15, 0.2) is 42.5 Å². The fourth-order valence-electron chi connectivity index (χ4n) is 2.57. The lowest BCUT2D eigenvalue weighted by Crippen LogP contribution is -2.48. The third kappa shape index (κ3) is 3.44. The number of piperidine rings is 1. The lowest BCUT2D eigenvalue weighted by molar-refractivity contribution is -0.148. The number of nitrogens with zero attached hydrogens (tertiary/aromatic N) is 1. The standard InChI is InChI=1S/C16H21NO2/c1-12-9-10-17(11-15-7-5-4-6-8-15)13(2)16(12)19-14(3)18/h4-8,13,16H,1,9-11H2,2-3H3/t13-,16-/m0/s1. The Hall–Kier alpha value is -1.61. The van der Waals surface area contributed by atoms with Gasteiger partial charge in [-0.2, -0.15) is 0 Å². The van der Waals surface area contributed by atoms with Crippen LogP contribution in [-0.4, -0.2) is 29.6 Å². The number of hydrogen-bond acceptors (Lipinski definition) is 3. The van der Waals surface area contributed by atoms with E-state index in [1.807, 2.05) is 18.2 Å². The summed E-state index contributed by atoms with van der Waals surface area (Å²) in [6.45, 7) is 9.44. The van der Waals surface area contributed by atoms with Crippen LogP contribution in [0.1, 0.15) is 25.8 Å². The zero-order valence-corrected chi connectivity index (χ0v) is 11.6. The number of likely N-dealkylation sites (tertiary alicyclic amines) is 1. The first-order valence-electron chi connectivity index (χ1n) is 6.71. The number of hydrogen-bond donors (Lipinski definition) is 0. The van der Waals surface area contributed by atoms with E-state index in [0.29, 0.717) is 0 Å². The molecule has 19 heavy (non-hydrogen) atoms. The SMILES string of the molecule is C=C1CCN(Cc2ccccc2)[C@@H](C)[C@H]1OC(C)=O. The molecule has 0 N–H and O–H groups in total. The van der Waals surface area contributed by atoms with Crippen molar-refractivity contribution in [3.63, 3.8) is 0 Å². The minimum Gasteiger partial charge on any atom is -0.456 e. The summed E-state index contributed by atoms with van der Waals surface area (Å²) < 4.78 is 5.40. The molecule has 1 aromatic rings. The highest BCUT2D eigenvalue weighted by molar-refractivity contribution is 5.66. The van der Waals surface area contributed by atoms with Crippen molar-refractivity contribution in [1.82, 2.24) is 4.90 Å². The molecular formula is C16H21NO2. The summed E-state index contributed by atoms with van der Waals surface area (Å²) in [5.41, 5.74) is 2.30. The van der Waals surface area contributed by atoms with E-state index in [9.17, 15) is 4.79 Å². The van der Waals surface area contributed by atoms with Gasteiger partial charge in [0, 0.05) is 26.1 Å². The zero-order chi connectivity index (χ0) is 13.8. The topological polar surface area (TPSA) is 29.5 Å². The summed E-state index contributed by atoms with van der Waals surface area (Å²) in [4.78, 5) is 13.5. The summed E-state index contributed by atoms with van der Waals surface area (Å²) >= 11 is 0. The van der Waals surface area contributed by atoms with Crippen LogP contribution >= 0.6 is 0 Å². The Morgan fingerprint density at radius 1 is 1.42 bits per heavy atom. The van der Waals surface area contributed by atoms with Crippen molar-refractivity contribution in [3.05, 3.63) is 48.0 Å². The number of rotatable bonds is 3. The first-order valence-corrected chi connectivity index (χ1v) is 6.71. The van der Waals surface area contributed by atoms with Crippen molar-refractivity contribution >= 4 is 5.97 Å². The van der Waals surface area contributed by atoms with Gasteiger partial charge in [-0.1, -0.05) is 36.9 Å². The molecule has 1 aliphatic rings. The second-order valence-electron chi connectivity index (χ2n) is 5.13. The van der Waals surface area contributed by atoms with Crippen LogP contribution in [0.5, 0.6) is 0 Å². The van der Waals surface area contributed by atoms with E-state index < -0.39 is 0 Å². The van der Waals surface area contributed by atoms with Gasteiger partial charge in [-0.3, -0.25) is 9.69 Å². The van der Waals surface area contributed by atoms with E-state index in [1.165, 1.54) is 12.5 Å². The lowest BCUT2D eigenvalue weighted by Gasteiger charge is -2.39. The summed E-state index contributed by atoms with van der Waals surface area (Å²) in [6, 6.07) is 10.5. The first kappa shape index (κ1) is 13.8. The molecule has 3 nitrogen and oxygen atoms in total. The molecule has 2 rings (SSSR count). The van der Waals surface area contributed by atoms with Gasteiger partial charge in [0.1, 0.15) is 6.10 Å². The molecule has 102 valence electrons. The second kappa shape index (κ2) is 6.02. The van der Waals surface area contributed by atoms with Gasteiger partial charge in [0.2, 0.25) is 0 Å². The smallest absolute Gasteiger partial charge is 0.303 e. The fourth-order valence-corrected chi connectivity index (χ4v) is 2.57. The lowest BCUT2D eigenvalue weighted by atomic mass is 9.95. The van der Waals surface area contributed by atoms with Gasteiger partial charge < -0.3 is 4.74 Å². The predicted octanol–water partition coefficient (Wildman–Crippen LogP) is 2.77. The predicted molar refractivity (Wildman–Crippen MR) is 75.6 cm³/mol. The molecule has 0 aromatic heterocycles. The van der Waals surface area contributed by atoms with Gasteiger partial charge in [-0.15, -0.1) is 0 Å². The Balaban J connectivity index is 2.06. The number of benzene rings is 1. The summed E-state index contributed by atoms with van der Waals surface area (Å²) in [6.07, 6.45) is 0.699. The van der Waals surface area contributed by atoms with E-state index >= 15 is 0 Å². The second-order valence-corrected chi connectivity index (χ2v) is 5.13. The molecule has 0 bridgehead atoms. The highest BCUT2D eigenvalue weighted by atomic mass is 16.5. The van der Waals surface area contributed by atoms with E-state index in [1.54, 1.807) is 0 Å². The number of carbonyl (C=O) groups is 1. The Bertz CT molecular complexity index is 455. The van der Waals surface area contributed by atoms with Crippen LogP contribution in [0.25, 0.3) is 0 Å². The third-order valence-electron chi connectivity index (χ3n) is 3.66. The number of esters is 1. The molecule has 1 heterocycles. The molecule has 0 aliphatic carbocycles. The summed E-state index contributed by atoms with van der Waals surface area (Å²) in [5.74, 6) is -0.237.